The SMILES string of the molecule is CCOC(=O)N1CCN(c2cc(NCCCOC)nc(-c3ccccc3)n2)CC1. The van der Waals surface area contributed by atoms with E-state index in [9.17, 15) is 4.79 Å². The first-order valence-electron chi connectivity index (χ1n) is 10.0. The van der Waals surface area contributed by atoms with Crippen molar-refractivity contribution < 1.29 is 14.3 Å². The summed E-state index contributed by atoms with van der Waals surface area (Å²) in [6.45, 7) is 6.31. The van der Waals surface area contributed by atoms with E-state index in [2.05, 4.69) is 15.2 Å². The predicted molar refractivity (Wildman–Crippen MR) is 113 cm³/mol. The number of anilines is 2. The number of piperazine rings is 1. The Bertz CT molecular complexity index is 779. The van der Waals surface area contributed by atoms with E-state index in [4.69, 9.17) is 14.5 Å². The molecule has 8 heteroatoms. The highest BCUT2D eigenvalue weighted by Gasteiger charge is 2.23. The van der Waals surface area contributed by atoms with Crippen LogP contribution >= 0.6 is 0 Å². The monoisotopic (exact) mass is 399 g/mol. The summed E-state index contributed by atoms with van der Waals surface area (Å²) in [6.07, 6.45) is 0.648. The summed E-state index contributed by atoms with van der Waals surface area (Å²) in [5.41, 5.74) is 0.972. The third-order valence-electron chi connectivity index (χ3n) is 4.71. The number of nitrogens with zero attached hydrogens (tertiary/aromatic N) is 4. The molecule has 0 bridgehead atoms. The zero-order valence-electron chi connectivity index (χ0n) is 17.1. The predicted octanol–water partition coefficient (Wildman–Crippen LogP) is 2.87. The van der Waals surface area contributed by atoms with Crippen molar-refractivity contribution in [3.63, 3.8) is 0 Å². The van der Waals surface area contributed by atoms with E-state index in [1.807, 2.05) is 43.3 Å². The van der Waals surface area contributed by atoms with Crippen molar-refractivity contribution in [3.8, 4) is 11.4 Å². The van der Waals surface area contributed by atoms with Crippen LogP contribution in [0.1, 0.15) is 13.3 Å². The van der Waals surface area contributed by atoms with Crippen LogP contribution < -0.4 is 10.2 Å². The molecule has 1 N–H and O–H groups in total. The maximum absolute atomic E-state index is 11.9. The first-order valence-corrected chi connectivity index (χ1v) is 10.0. The van der Waals surface area contributed by atoms with Gasteiger partial charge in [0.15, 0.2) is 5.82 Å². The Balaban J connectivity index is 1.75. The van der Waals surface area contributed by atoms with Gasteiger partial charge in [-0.2, -0.15) is 0 Å². The average molecular weight is 399 g/mol. The number of rotatable bonds is 8. The van der Waals surface area contributed by atoms with E-state index in [-0.39, 0.29) is 6.09 Å². The number of ether oxygens (including phenoxy) is 2. The fourth-order valence-corrected chi connectivity index (χ4v) is 3.17. The zero-order chi connectivity index (χ0) is 20.5. The fourth-order valence-electron chi connectivity index (χ4n) is 3.17. The molecule has 1 aliphatic heterocycles. The quantitative estimate of drug-likeness (QED) is 0.684. The molecule has 0 unspecified atom stereocenters. The topological polar surface area (TPSA) is 79.8 Å². The largest absolute Gasteiger partial charge is 0.450 e. The van der Waals surface area contributed by atoms with E-state index in [0.717, 1.165) is 30.2 Å². The lowest BCUT2D eigenvalue weighted by Crippen LogP contribution is -2.49. The molecule has 3 rings (SSSR count). The molecule has 0 spiro atoms. The molecule has 0 aliphatic carbocycles. The lowest BCUT2D eigenvalue weighted by Gasteiger charge is -2.34. The number of methoxy groups -OCH3 is 1. The molecule has 1 aliphatic rings. The summed E-state index contributed by atoms with van der Waals surface area (Å²) in [5, 5.41) is 3.37. The molecule has 1 amide bonds. The molecule has 0 radical (unpaired) electrons. The van der Waals surface area contributed by atoms with Gasteiger partial charge in [0.25, 0.3) is 0 Å². The van der Waals surface area contributed by atoms with Gasteiger partial charge in [-0.1, -0.05) is 30.3 Å². The third-order valence-corrected chi connectivity index (χ3v) is 4.71. The van der Waals surface area contributed by atoms with Crippen LogP contribution in [-0.4, -0.2) is 74.0 Å². The second-order valence-electron chi connectivity index (χ2n) is 6.75. The van der Waals surface area contributed by atoms with E-state index < -0.39 is 0 Å². The molecule has 1 fully saturated rings. The Labute approximate surface area is 171 Å². The Hall–Kier alpha value is -2.87. The third kappa shape index (κ3) is 5.80. The Kier molecular flexibility index (Phi) is 7.63. The lowest BCUT2D eigenvalue weighted by atomic mass is 10.2. The van der Waals surface area contributed by atoms with Crippen molar-refractivity contribution >= 4 is 17.7 Å². The van der Waals surface area contributed by atoms with Gasteiger partial charge in [-0.25, -0.2) is 14.8 Å². The number of hydrogen-bond donors (Lipinski definition) is 1. The maximum Gasteiger partial charge on any atom is 0.409 e. The molecule has 1 aromatic carbocycles. The molecule has 0 saturated carbocycles. The minimum atomic E-state index is -0.250. The Morgan fingerprint density at radius 2 is 1.90 bits per heavy atom. The van der Waals surface area contributed by atoms with Crippen LogP contribution in [0.2, 0.25) is 0 Å². The minimum absolute atomic E-state index is 0.250. The van der Waals surface area contributed by atoms with Crippen molar-refractivity contribution in [3.05, 3.63) is 36.4 Å². The maximum atomic E-state index is 11.9. The molecular formula is C21H29N5O3. The van der Waals surface area contributed by atoms with E-state index in [1.165, 1.54) is 0 Å². The number of carbonyl (C=O) groups is 1. The molecule has 0 atom stereocenters. The van der Waals surface area contributed by atoms with Crippen LogP contribution in [0.15, 0.2) is 36.4 Å². The summed E-state index contributed by atoms with van der Waals surface area (Å²) < 4.78 is 10.2. The van der Waals surface area contributed by atoms with Crippen molar-refractivity contribution in [1.29, 1.82) is 0 Å². The molecule has 2 aromatic rings. The fraction of sp³-hybridized carbons (Fsp3) is 0.476. The lowest BCUT2D eigenvalue weighted by molar-refractivity contribution is 0.105. The highest BCUT2D eigenvalue weighted by molar-refractivity contribution is 5.68. The second-order valence-corrected chi connectivity index (χ2v) is 6.75. The van der Waals surface area contributed by atoms with Gasteiger partial charge < -0.3 is 24.6 Å². The Morgan fingerprint density at radius 3 is 2.59 bits per heavy atom. The molecule has 1 saturated heterocycles. The summed E-state index contributed by atoms with van der Waals surface area (Å²) in [7, 11) is 1.70. The van der Waals surface area contributed by atoms with E-state index >= 15 is 0 Å². The first-order chi connectivity index (χ1) is 14.2. The van der Waals surface area contributed by atoms with E-state index in [0.29, 0.717) is 45.2 Å². The van der Waals surface area contributed by atoms with Crippen LogP contribution in [0.25, 0.3) is 11.4 Å². The van der Waals surface area contributed by atoms with Gasteiger partial charge in [-0.3, -0.25) is 0 Å². The highest BCUT2D eigenvalue weighted by atomic mass is 16.6. The standard InChI is InChI=1S/C21H29N5O3/c1-3-29-21(27)26-13-11-25(12-14-26)19-16-18(22-10-7-15-28-2)23-20(24-19)17-8-5-4-6-9-17/h4-6,8-9,16H,3,7,10-15H2,1-2H3,(H,22,23,24). The number of hydrogen-bond acceptors (Lipinski definition) is 7. The summed E-state index contributed by atoms with van der Waals surface area (Å²) in [6, 6.07) is 11.9. The van der Waals surface area contributed by atoms with Gasteiger partial charge in [0.05, 0.1) is 6.61 Å². The van der Waals surface area contributed by atoms with Gasteiger partial charge in [0, 0.05) is 58.1 Å². The van der Waals surface area contributed by atoms with Gasteiger partial charge in [0.2, 0.25) is 0 Å². The van der Waals surface area contributed by atoms with Crippen LogP contribution in [0, 0.1) is 0 Å². The van der Waals surface area contributed by atoms with Gasteiger partial charge in [0.1, 0.15) is 11.6 Å². The van der Waals surface area contributed by atoms with Crippen LogP contribution in [-0.2, 0) is 9.47 Å². The number of carbonyl (C=O) groups excluding carboxylic acids is 1. The van der Waals surface area contributed by atoms with Crippen molar-refractivity contribution in [2.24, 2.45) is 0 Å². The smallest absolute Gasteiger partial charge is 0.409 e. The summed E-state index contributed by atoms with van der Waals surface area (Å²) in [5.74, 6) is 2.33. The van der Waals surface area contributed by atoms with Crippen molar-refractivity contribution in [1.82, 2.24) is 14.9 Å². The summed E-state index contributed by atoms with van der Waals surface area (Å²) in [4.78, 5) is 25.4. The van der Waals surface area contributed by atoms with Gasteiger partial charge in [-0.15, -0.1) is 0 Å². The number of amides is 1. The molecule has 156 valence electrons. The first kappa shape index (κ1) is 20.9. The van der Waals surface area contributed by atoms with Gasteiger partial charge >= 0.3 is 6.09 Å². The summed E-state index contributed by atoms with van der Waals surface area (Å²) >= 11 is 0. The van der Waals surface area contributed by atoms with Gasteiger partial charge in [-0.05, 0) is 13.3 Å². The molecule has 29 heavy (non-hydrogen) atoms. The highest BCUT2D eigenvalue weighted by Crippen LogP contribution is 2.23. The average Bonchev–Trinajstić information content (AvgIpc) is 2.77. The number of aromatic nitrogens is 2. The zero-order valence-corrected chi connectivity index (χ0v) is 17.1. The second kappa shape index (κ2) is 10.6. The van der Waals surface area contributed by atoms with Crippen LogP contribution in [0.5, 0.6) is 0 Å². The van der Waals surface area contributed by atoms with Crippen LogP contribution in [0.3, 0.4) is 0 Å². The molecule has 2 heterocycles. The molecule has 8 nitrogen and oxygen atoms in total. The minimum Gasteiger partial charge on any atom is -0.450 e. The Morgan fingerprint density at radius 1 is 1.14 bits per heavy atom. The molecular weight excluding hydrogens is 370 g/mol. The van der Waals surface area contributed by atoms with Crippen molar-refractivity contribution in [2.45, 2.75) is 13.3 Å². The van der Waals surface area contributed by atoms with Crippen molar-refractivity contribution in [2.75, 3.05) is 63.3 Å². The molecule has 1 aromatic heterocycles. The van der Waals surface area contributed by atoms with E-state index in [1.54, 1.807) is 12.0 Å². The normalized spacial score (nSPS) is 14.0. The number of benzene rings is 1. The van der Waals surface area contributed by atoms with Crippen LogP contribution in [0.4, 0.5) is 16.4 Å². The number of nitrogens with one attached hydrogen (secondary N) is 1.